The van der Waals surface area contributed by atoms with E-state index < -0.39 is 5.91 Å². The topological polar surface area (TPSA) is 108 Å². The molecule has 0 saturated carbocycles. The Morgan fingerprint density at radius 1 is 1.18 bits per heavy atom. The Balaban J connectivity index is 1.53. The first-order valence-electron chi connectivity index (χ1n) is 8.11. The number of ether oxygens (including phenoxy) is 1. The zero-order valence-corrected chi connectivity index (χ0v) is 14.5. The van der Waals surface area contributed by atoms with Gasteiger partial charge in [-0.15, -0.1) is 5.10 Å². The second-order valence-electron chi connectivity index (χ2n) is 5.60. The highest BCUT2D eigenvalue weighted by molar-refractivity contribution is 6.01. The van der Waals surface area contributed by atoms with E-state index in [9.17, 15) is 9.18 Å². The number of hydrogen-bond donors (Lipinski definition) is 1. The smallest absolute Gasteiger partial charge is 0.316 e. The van der Waals surface area contributed by atoms with Gasteiger partial charge in [0.25, 0.3) is 0 Å². The zero-order chi connectivity index (χ0) is 19.5. The molecule has 9 nitrogen and oxygen atoms in total. The first kappa shape index (κ1) is 17.3. The number of carbonyl (C=O) groups excluding carboxylic acids is 1. The second-order valence-corrected chi connectivity index (χ2v) is 5.60. The predicted molar refractivity (Wildman–Crippen MR) is 95.6 cm³/mol. The number of nitrogens with one attached hydrogen (secondary N) is 1. The fraction of sp³-hybridized carbons (Fsp3) is 0.0556. The average molecular weight is 380 g/mol. The molecular weight excluding hydrogens is 367 g/mol. The summed E-state index contributed by atoms with van der Waals surface area (Å²) in [5.74, 6) is -0.587. The maximum absolute atomic E-state index is 13.0. The Hall–Kier alpha value is -4.08. The summed E-state index contributed by atoms with van der Waals surface area (Å²) in [6, 6.07) is 12.7. The summed E-state index contributed by atoms with van der Waals surface area (Å²) in [4.78, 5) is 16.4. The molecule has 1 amide bonds. The zero-order valence-electron chi connectivity index (χ0n) is 14.5. The van der Waals surface area contributed by atoms with Crippen LogP contribution in [0.15, 0.2) is 59.3 Å². The summed E-state index contributed by atoms with van der Waals surface area (Å²) in [5.41, 5.74) is 1.37. The lowest BCUT2D eigenvalue weighted by Gasteiger charge is -2.07. The number of rotatable bonds is 5. The van der Waals surface area contributed by atoms with Crippen LogP contribution in [0, 0.1) is 5.82 Å². The maximum atomic E-state index is 13.0. The molecule has 0 aliphatic heterocycles. The molecule has 0 atom stereocenters. The summed E-state index contributed by atoms with van der Waals surface area (Å²) < 4.78 is 24.7. The van der Waals surface area contributed by atoms with Crippen LogP contribution in [0.4, 0.5) is 10.1 Å². The van der Waals surface area contributed by atoms with Crippen molar-refractivity contribution in [2.75, 3.05) is 12.4 Å². The number of aromatic nitrogens is 5. The molecule has 28 heavy (non-hydrogen) atoms. The van der Waals surface area contributed by atoms with E-state index in [2.05, 4.69) is 25.8 Å². The minimum absolute atomic E-state index is 0.0959. The van der Waals surface area contributed by atoms with Gasteiger partial charge in [-0.2, -0.15) is 4.98 Å². The highest BCUT2D eigenvalue weighted by Gasteiger charge is 2.19. The number of methoxy groups -OCH3 is 1. The van der Waals surface area contributed by atoms with Crippen LogP contribution in [0.1, 0.15) is 10.7 Å². The number of anilines is 1. The van der Waals surface area contributed by atoms with Crippen molar-refractivity contribution in [1.82, 2.24) is 25.1 Å². The minimum atomic E-state index is -0.589. The number of para-hydroxylation sites is 2. The van der Waals surface area contributed by atoms with Crippen molar-refractivity contribution >= 4 is 11.6 Å². The van der Waals surface area contributed by atoms with Gasteiger partial charge in [-0.25, -0.2) is 9.07 Å². The number of nitrogens with zero attached hydrogens (tertiary/aromatic N) is 5. The van der Waals surface area contributed by atoms with Gasteiger partial charge in [-0.1, -0.05) is 22.5 Å². The molecule has 4 rings (SSSR count). The normalized spacial score (nSPS) is 10.6. The van der Waals surface area contributed by atoms with Crippen LogP contribution in [-0.4, -0.2) is 38.2 Å². The Kier molecular flexibility index (Phi) is 4.50. The van der Waals surface area contributed by atoms with E-state index in [4.69, 9.17) is 9.26 Å². The lowest BCUT2D eigenvalue weighted by molar-refractivity contribution is 0.0981. The van der Waals surface area contributed by atoms with Crippen LogP contribution in [0.25, 0.3) is 17.2 Å². The number of halogens is 1. The molecular formula is C18H13FN6O3. The number of benzene rings is 2. The van der Waals surface area contributed by atoms with Crippen molar-refractivity contribution in [3.8, 4) is 23.0 Å². The van der Waals surface area contributed by atoms with Gasteiger partial charge in [-0.05, 0) is 36.4 Å². The van der Waals surface area contributed by atoms with Crippen LogP contribution in [0.5, 0.6) is 5.75 Å². The summed E-state index contributed by atoms with van der Waals surface area (Å²) >= 11 is 0. The minimum Gasteiger partial charge on any atom is -0.495 e. The highest BCUT2D eigenvalue weighted by Crippen LogP contribution is 2.24. The van der Waals surface area contributed by atoms with Gasteiger partial charge in [-0.3, -0.25) is 4.79 Å². The number of amides is 1. The Morgan fingerprint density at radius 3 is 2.75 bits per heavy atom. The molecule has 0 bridgehead atoms. The van der Waals surface area contributed by atoms with Crippen molar-refractivity contribution in [3.05, 3.63) is 66.4 Å². The molecule has 0 fully saturated rings. The van der Waals surface area contributed by atoms with Crippen LogP contribution >= 0.6 is 0 Å². The van der Waals surface area contributed by atoms with E-state index in [1.165, 1.54) is 23.9 Å². The largest absolute Gasteiger partial charge is 0.495 e. The summed E-state index contributed by atoms with van der Waals surface area (Å²) in [7, 11) is 1.50. The fourth-order valence-corrected chi connectivity index (χ4v) is 2.43. The molecule has 2 aromatic carbocycles. The molecule has 0 saturated heterocycles. The Bertz CT molecular complexity index is 1120. The van der Waals surface area contributed by atoms with Gasteiger partial charge in [0.2, 0.25) is 5.82 Å². The Labute approximate surface area is 157 Å². The van der Waals surface area contributed by atoms with Crippen molar-refractivity contribution in [2.45, 2.75) is 0 Å². The maximum Gasteiger partial charge on any atom is 0.316 e. The van der Waals surface area contributed by atoms with E-state index in [0.29, 0.717) is 22.8 Å². The second kappa shape index (κ2) is 7.27. The third-order valence-corrected chi connectivity index (χ3v) is 3.79. The van der Waals surface area contributed by atoms with Gasteiger partial charge in [0, 0.05) is 0 Å². The average Bonchev–Trinajstić information content (AvgIpc) is 3.39. The molecule has 0 unspecified atom stereocenters. The summed E-state index contributed by atoms with van der Waals surface area (Å²) in [6.45, 7) is 0. The third-order valence-electron chi connectivity index (χ3n) is 3.79. The van der Waals surface area contributed by atoms with Crippen molar-refractivity contribution in [1.29, 1.82) is 0 Å². The quantitative estimate of drug-likeness (QED) is 0.567. The monoisotopic (exact) mass is 380 g/mol. The SMILES string of the molecule is COc1ccccc1NC(=O)c1nc(-c2cn(-c3ccc(F)cc3)nn2)no1. The highest BCUT2D eigenvalue weighted by atomic mass is 19.1. The first-order chi connectivity index (χ1) is 13.6. The van der Waals surface area contributed by atoms with Gasteiger partial charge in [0.05, 0.1) is 24.7 Å². The summed E-state index contributed by atoms with van der Waals surface area (Å²) in [6.07, 6.45) is 1.54. The van der Waals surface area contributed by atoms with Gasteiger partial charge < -0.3 is 14.6 Å². The molecule has 0 aliphatic carbocycles. The summed E-state index contributed by atoms with van der Waals surface area (Å²) in [5, 5.41) is 14.3. The molecule has 2 heterocycles. The predicted octanol–water partition coefficient (Wildman–Crippen LogP) is 2.72. The standard InChI is InChI=1S/C18H13FN6O3/c1-27-15-5-3-2-4-13(15)20-17(26)18-21-16(23-28-18)14-10-25(24-22-14)12-8-6-11(19)7-9-12/h2-10H,1H3,(H,20,26). The van der Waals surface area contributed by atoms with Crippen LogP contribution in [-0.2, 0) is 0 Å². The Morgan fingerprint density at radius 2 is 1.96 bits per heavy atom. The molecule has 0 radical (unpaired) electrons. The van der Waals surface area contributed by atoms with Gasteiger partial charge >= 0.3 is 11.8 Å². The van der Waals surface area contributed by atoms with Crippen molar-refractivity contribution < 1.29 is 18.4 Å². The van der Waals surface area contributed by atoms with Crippen LogP contribution in [0.3, 0.4) is 0 Å². The molecule has 1 N–H and O–H groups in total. The van der Waals surface area contributed by atoms with E-state index in [-0.39, 0.29) is 17.5 Å². The molecule has 0 aliphatic rings. The lowest BCUT2D eigenvalue weighted by Crippen LogP contribution is -2.13. The molecule has 10 heteroatoms. The van der Waals surface area contributed by atoms with Crippen LogP contribution in [0.2, 0.25) is 0 Å². The molecule has 4 aromatic rings. The van der Waals surface area contributed by atoms with E-state index in [1.807, 2.05) is 0 Å². The number of hydrogen-bond acceptors (Lipinski definition) is 7. The molecule has 2 aromatic heterocycles. The first-order valence-corrected chi connectivity index (χ1v) is 8.11. The van der Waals surface area contributed by atoms with E-state index >= 15 is 0 Å². The number of carbonyl (C=O) groups is 1. The molecule has 140 valence electrons. The lowest BCUT2D eigenvalue weighted by atomic mass is 10.3. The van der Waals surface area contributed by atoms with E-state index in [1.54, 1.807) is 42.6 Å². The van der Waals surface area contributed by atoms with Crippen LogP contribution < -0.4 is 10.1 Å². The van der Waals surface area contributed by atoms with Gasteiger partial charge in [0.15, 0.2) is 5.69 Å². The molecule has 0 spiro atoms. The van der Waals surface area contributed by atoms with E-state index in [0.717, 1.165) is 0 Å². The van der Waals surface area contributed by atoms with Gasteiger partial charge in [0.1, 0.15) is 11.6 Å². The van der Waals surface area contributed by atoms with Crippen molar-refractivity contribution in [2.24, 2.45) is 0 Å². The fourth-order valence-electron chi connectivity index (χ4n) is 2.43. The van der Waals surface area contributed by atoms with Crippen molar-refractivity contribution in [3.63, 3.8) is 0 Å². The third kappa shape index (κ3) is 3.43.